The van der Waals surface area contributed by atoms with Gasteiger partial charge in [-0.3, -0.25) is 0 Å². The summed E-state index contributed by atoms with van der Waals surface area (Å²) in [6, 6.07) is 8.50. The van der Waals surface area contributed by atoms with E-state index in [0.717, 1.165) is 6.42 Å². The van der Waals surface area contributed by atoms with Gasteiger partial charge in [-0.2, -0.15) is 0 Å². The average molecular weight is 188 g/mol. The summed E-state index contributed by atoms with van der Waals surface area (Å²) in [5, 5.41) is 8.95. The van der Waals surface area contributed by atoms with Gasteiger partial charge in [0.1, 0.15) is 0 Å². The van der Waals surface area contributed by atoms with Crippen molar-refractivity contribution in [2.45, 2.75) is 19.3 Å². The molecule has 0 bridgehead atoms. The lowest BCUT2D eigenvalue weighted by Gasteiger charge is -2.26. The second-order valence-electron chi connectivity index (χ2n) is 3.95. The van der Waals surface area contributed by atoms with Crippen molar-refractivity contribution in [2.24, 2.45) is 5.92 Å². The highest BCUT2D eigenvalue weighted by Gasteiger charge is 2.20. The van der Waals surface area contributed by atoms with Gasteiger partial charge in [-0.05, 0) is 29.4 Å². The van der Waals surface area contributed by atoms with Crippen LogP contribution in [-0.2, 0) is 0 Å². The molecule has 1 nitrogen and oxygen atoms in total. The van der Waals surface area contributed by atoms with Gasteiger partial charge in [-0.25, -0.2) is 0 Å². The van der Waals surface area contributed by atoms with E-state index in [0.29, 0.717) is 11.8 Å². The van der Waals surface area contributed by atoms with Gasteiger partial charge >= 0.3 is 0 Å². The lowest BCUT2D eigenvalue weighted by atomic mass is 9.79. The molecule has 2 rings (SSSR count). The molecule has 1 heteroatoms. The fraction of sp³-hybridized carbons (Fsp3) is 0.385. The number of fused-ring (bicyclic) bond motifs is 1. The van der Waals surface area contributed by atoms with E-state index < -0.39 is 0 Å². The maximum Gasteiger partial charge on any atom is 0.0436 e. The summed E-state index contributed by atoms with van der Waals surface area (Å²) in [7, 11) is 0. The fourth-order valence-corrected chi connectivity index (χ4v) is 2.20. The van der Waals surface area contributed by atoms with Gasteiger partial charge in [0.2, 0.25) is 0 Å². The van der Waals surface area contributed by atoms with Crippen LogP contribution in [0.4, 0.5) is 0 Å². The van der Waals surface area contributed by atoms with Crippen molar-refractivity contribution in [1.29, 1.82) is 0 Å². The molecule has 0 aliphatic heterocycles. The number of benzene rings is 1. The van der Waals surface area contributed by atoms with Crippen LogP contribution in [0.5, 0.6) is 0 Å². The van der Waals surface area contributed by atoms with Gasteiger partial charge in [0.15, 0.2) is 0 Å². The first-order valence-electron chi connectivity index (χ1n) is 5.21. The monoisotopic (exact) mass is 188 g/mol. The maximum atomic E-state index is 8.95. The lowest BCUT2D eigenvalue weighted by Crippen LogP contribution is -2.13. The fourth-order valence-electron chi connectivity index (χ4n) is 2.20. The molecular weight excluding hydrogens is 172 g/mol. The zero-order valence-electron chi connectivity index (χ0n) is 8.48. The van der Waals surface area contributed by atoms with Crippen LogP contribution in [0, 0.1) is 5.92 Å². The molecular formula is C13H16O. The minimum atomic E-state index is 0.279. The van der Waals surface area contributed by atoms with Crippen LogP contribution in [0.3, 0.4) is 0 Å². The number of hydrogen-bond acceptors (Lipinski definition) is 1. The molecule has 0 aromatic heterocycles. The van der Waals surface area contributed by atoms with E-state index in [1.54, 1.807) is 0 Å². The van der Waals surface area contributed by atoms with E-state index in [-0.39, 0.29) is 6.61 Å². The Morgan fingerprint density at radius 2 is 2.07 bits per heavy atom. The molecule has 0 spiro atoms. The first kappa shape index (κ1) is 9.47. The Kier molecular flexibility index (Phi) is 2.69. The quantitative estimate of drug-likeness (QED) is 0.756. The Balaban J connectivity index is 2.30. The van der Waals surface area contributed by atoms with Crippen molar-refractivity contribution < 1.29 is 5.11 Å². The predicted octanol–water partition coefficient (Wildman–Crippen LogP) is 2.82. The van der Waals surface area contributed by atoms with Crippen molar-refractivity contribution >= 4 is 6.08 Å². The van der Waals surface area contributed by atoms with Crippen LogP contribution < -0.4 is 0 Å². The summed E-state index contributed by atoms with van der Waals surface area (Å²) in [5.41, 5.74) is 2.74. The van der Waals surface area contributed by atoms with E-state index in [2.05, 4.69) is 43.3 Å². The van der Waals surface area contributed by atoms with Crippen LogP contribution in [0.2, 0.25) is 0 Å². The third-order valence-corrected chi connectivity index (χ3v) is 3.11. The third-order valence-electron chi connectivity index (χ3n) is 3.11. The summed E-state index contributed by atoms with van der Waals surface area (Å²) in [6.07, 6.45) is 5.27. The molecule has 0 radical (unpaired) electrons. The highest BCUT2D eigenvalue weighted by molar-refractivity contribution is 5.58. The standard InChI is InChI=1S/C13H16O/c1-10-11(8-9-14)6-7-12-4-2-3-5-13(10)12/h2-7,10-11,14H,8-9H2,1H3. The normalized spacial score (nSPS) is 24.7. The second-order valence-corrected chi connectivity index (χ2v) is 3.95. The summed E-state index contributed by atoms with van der Waals surface area (Å²) in [5.74, 6) is 1.03. The molecule has 1 aliphatic rings. The molecule has 1 N–H and O–H groups in total. The maximum absolute atomic E-state index is 8.95. The van der Waals surface area contributed by atoms with E-state index in [1.807, 2.05) is 0 Å². The SMILES string of the molecule is CC1c2ccccc2C=CC1CCO. The van der Waals surface area contributed by atoms with Gasteiger partial charge < -0.3 is 5.11 Å². The molecule has 1 aromatic carbocycles. The number of allylic oxidation sites excluding steroid dienone is 1. The van der Waals surface area contributed by atoms with Crippen molar-refractivity contribution in [3.8, 4) is 0 Å². The Hall–Kier alpha value is -1.08. The second kappa shape index (κ2) is 3.97. The third kappa shape index (κ3) is 1.60. The molecule has 2 unspecified atom stereocenters. The van der Waals surface area contributed by atoms with Gasteiger partial charge in [0.05, 0.1) is 0 Å². The molecule has 1 aliphatic carbocycles. The lowest BCUT2D eigenvalue weighted by molar-refractivity contribution is 0.261. The topological polar surface area (TPSA) is 20.2 Å². The Morgan fingerprint density at radius 3 is 2.86 bits per heavy atom. The summed E-state index contributed by atoms with van der Waals surface area (Å²) < 4.78 is 0. The highest BCUT2D eigenvalue weighted by atomic mass is 16.3. The van der Waals surface area contributed by atoms with Crippen molar-refractivity contribution in [1.82, 2.24) is 0 Å². The summed E-state index contributed by atoms with van der Waals surface area (Å²) in [6.45, 7) is 2.52. The van der Waals surface area contributed by atoms with Crippen molar-refractivity contribution in [3.05, 3.63) is 41.5 Å². The van der Waals surface area contributed by atoms with E-state index >= 15 is 0 Å². The predicted molar refractivity (Wildman–Crippen MR) is 59.1 cm³/mol. The van der Waals surface area contributed by atoms with Crippen molar-refractivity contribution in [2.75, 3.05) is 6.61 Å². The van der Waals surface area contributed by atoms with Crippen LogP contribution in [0.15, 0.2) is 30.3 Å². The van der Waals surface area contributed by atoms with Gasteiger partial charge in [-0.1, -0.05) is 43.3 Å². The van der Waals surface area contributed by atoms with Crippen LogP contribution >= 0.6 is 0 Å². The molecule has 0 saturated heterocycles. The largest absolute Gasteiger partial charge is 0.396 e. The minimum absolute atomic E-state index is 0.279. The smallest absolute Gasteiger partial charge is 0.0436 e. The molecule has 0 saturated carbocycles. The van der Waals surface area contributed by atoms with Gasteiger partial charge in [-0.15, -0.1) is 0 Å². The van der Waals surface area contributed by atoms with Crippen molar-refractivity contribution in [3.63, 3.8) is 0 Å². The molecule has 1 aromatic rings. The molecule has 2 atom stereocenters. The Morgan fingerprint density at radius 1 is 1.29 bits per heavy atom. The minimum Gasteiger partial charge on any atom is -0.396 e. The Bertz CT molecular complexity index is 341. The molecule has 0 heterocycles. The number of aliphatic hydroxyl groups excluding tert-OH is 1. The zero-order chi connectivity index (χ0) is 9.97. The van der Waals surface area contributed by atoms with Crippen LogP contribution in [0.1, 0.15) is 30.4 Å². The molecule has 14 heavy (non-hydrogen) atoms. The molecule has 0 fully saturated rings. The van der Waals surface area contributed by atoms with E-state index in [4.69, 9.17) is 5.11 Å². The first-order valence-corrected chi connectivity index (χ1v) is 5.21. The first-order chi connectivity index (χ1) is 6.83. The van der Waals surface area contributed by atoms with Crippen LogP contribution in [0.25, 0.3) is 6.08 Å². The average Bonchev–Trinajstić information content (AvgIpc) is 2.23. The van der Waals surface area contributed by atoms with Gasteiger partial charge in [0, 0.05) is 6.61 Å². The number of rotatable bonds is 2. The molecule has 74 valence electrons. The van der Waals surface area contributed by atoms with E-state index in [9.17, 15) is 0 Å². The Labute approximate surface area is 85.1 Å². The van der Waals surface area contributed by atoms with Crippen LogP contribution in [-0.4, -0.2) is 11.7 Å². The highest BCUT2D eigenvalue weighted by Crippen LogP contribution is 2.34. The summed E-state index contributed by atoms with van der Waals surface area (Å²) in [4.78, 5) is 0. The van der Waals surface area contributed by atoms with Gasteiger partial charge in [0.25, 0.3) is 0 Å². The number of hydrogen-bond donors (Lipinski definition) is 1. The zero-order valence-corrected chi connectivity index (χ0v) is 8.48. The van der Waals surface area contributed by atoms with E-state index in [1.165, 1.54) is 11.1 Å². The molecule has 0 amide bonds. The number of aliphatic hydroxyl groups is 1. The summed E-state index contributed by atoms with van der Waals surface area (Å²) >= 11 is 0.